The average Bonchev–Trinajstić information content (AvgIpc) is 2.77. The number of hydrogen-bond acceptors (Lipinski definition) is 3. The molecule has 4 aliphatic carbocycles. The van der Waals surface area contributed by atoms with Crippen LogP contribution in [0.25, 0.3) is 0 Å². The minimum Gasteiger partial charge on any atom is -0.349 e. The van der Waals surface area contributed by atoms with Crippen molar-refractivity contribution in [3.63, 3.8) is 0 Å². The molecule has 2 aliphatic heterocycles. The Labute approximate surface area is 127 Å². The second-order valence-corrected chi connectivity index (χ2v) is 9.39. The topological polar surface area (TPSA) is 27.7 Å². The third-order valence-corrected chi connectivity index (χ3v) is 7.73. The Morgan fingerprint density at radius 3 is 2.14 bits per heavy atom. The third-order valence-electron chi connectivity index (χ3n) is 7.73. The first kappa shape index (κ1) is 13.3. The second-order valence-electron chi connectivity index (χ2n) is 9.39. The van der Waals surface area contributed by atoms with Gasteiger partial charge in [-0.2, -0.15) is 0 Å². The highest BCUT2D eigenvalue weighted by Crippen LogP contribution is 2.67. The molecule has 0 amide bonds. The molecule has 6 aliphatic rings. The molecule has 2 heterocycles. The van der Waals surface area contributed by atoms with Crippen molar-refractivity contribution in [1.29, 1.82) is 0 Å². The summed E-state index contributed by atoms with van der Waals surface area (Å²) in [7, 11) is 0. The van der Waals surface area contributed by atoms with E-state index in [-0.39, 0.29) is 17.3 Å². The predicted octanol–water partition coefficient (Wildman–Crippen LogP) is 4.07. The molecular weight excluding hydrogens is 264 g/mol. The van der Waals surface area contributed by atoms with Gasteiger partial charge in [0.2, 0.25) is 0 Å². The van der Waals surface area contributed by atoms with E-state index in [1.165, 1.54) is 38.5 Å². The Morgan fingerprint density at radius 1 is 0.905 bits per heavy atom. The minimum atomic E-state index is -0.139. The van der Waals surface area contributed by atoms with Crippen LogP contribution in [0.1, 0.15) is 65.2 Å². The van der Waals surface area contributed by atoms with Gasteiger partial charge in [0.1, 0.15) is 5.60 Å². The lowest BCUT2D eigenvalue weighted by molar-refractivity contribution is -0.484. The van der Waals surface area contributed by atoms with Crippen LogP contribution in [0, 0.1) is 28.6 Å². The highest BCUT2D eigenvalue weighted by molar-refractivity contribution is 5.11. The van der Waals surface area contributed by atoms with E-state index >= 15 is 0 Å². The van der Waals surface area contributed by atoms with Crippen molar-refractivity contribution in [3.05, 3.63) is 0 Å². The smallest absolute Gasteiger partial charge is 0.196 e. The summed E-state index contributed by atoms with van der Waals surface area (Å²) >= 11 is 0. The normalized spacial score (nSPS) is 62.0. The Bertz CT molecular complexity index is 426. The van der Waals surface area contributed by atoms with E-state index in [9.17, 15) is 0 Å². The van der Waals surface area contributed by atoms with Crippen molar-refractivity contribution in [1.82, 2.24) is 0 Å². The maximum atomic E-state index is 6.10. The van der Waals surface area contributed by atoms with Gasteiger partial charge in [0.25, 0.3) is 0 Å². The van der Waals surface area contributed by atoms with Crippen LogP contribution in [0.5, 0.6) is 0 Å². The van der Waals surface area contributed by atoms with Crippen LogP contribution in [0.4, 0.5) is 0 Å². The Kier molecular flexibility index (Phi) is 2.56. The molecule has 0 aromatic heterocycles. The fraction of sp³-hybridized carbons (Fsp3) is 1.00. The lowest BCUT2D eigenvalue weighted by Crippen LogP contribution is -2.62. The van der Waals surface area contributed by atoms with E-state index in [0.29, 0.717) is 5.41 Å². The van der Waals surface area contributed by atoms with Gasteiger partial charge in [-0.1, -0.05) is 6.92 Å². The fourth-order valence-corrected chi connectivity index (χ4v) is 7.02. The van der Waals surface area contributed by atoms with Crippen LogP contribution in [-0.2, 0) is 14.5 Å². The quantitative estimate of drug-likeness (QED) is 0.682. The van der Waals surface area contributed by atoms with Gasteiger partial charge < -0.3 is 4.74 Å². The van der Waals surface area contributed by atoms with Gasteiger partial charge in [0, 0.05) is 10.8 Å². The molecule has 6 rings (SSSR count). The van der Waals surface area contributed by atoms with Crippen molar-refractivity contribution in [3.8, 4) is 0 Å². The fourth-order valence-electron chi connectivity index (χ4n) is 7.02. The largest absolute Gasteiger partial charge is 0.349 e. The maximum Gasteiger partial charge on any atom is 0.196 e. The van der Waals surface area contributed by atoms with Gasteiger partial charge in [-0.05, 0) is 76.0 Å². The van der Waals surface area contributed by atoms with E-state index in [1.54, 1.807) is 0 Å². The molecule has 4 saturated carbocycles. The molecule has 21 heavy (non-hydrogen) atoms. The summed E-state index contributed by atoms with van der Waals surface area (Å²) in [6.45, 7) is 5.51. The van der Waals surface area contributed by atoms with Gasteiger partial charge in [0.15, 0.2) is 6.29 Å². The SMILES string of the molecule is CC1(C23CC4CC(CC(C4)C2)C3)C[C@]2(C)CCOC2OO1. The molecule has 0 N–H and O–H groups in total. The number of hydrogen-bond donors (Lipinski definition) is 0. The standard InChI is InChI=1S/C18H28O3/c1-16-3-4-19-15(16)20-21-17(2,11-16)18-8-12-5-13(9-18)7-14(6-12)10-18/h12-15H,3-11H2,1-2H3/t12?,13?,14?,15?,16-,17?,18?/m0/s1. The molecule has 3 heteroatoms. The van der Waals surface area contributed by atoms with Crippen LogP contribution >= 0.6 is 0 Å². The molecule has 3 atom stereocenters. The predicted molar refractivity (Wildman–Crippen MR) is 78.3 cm³/mol. The van der Waals surface area contributed by atoms with E-state index in [0.717, 1.165) is 37.2 Å². The van der Waals surface area contributed by atoms with Crippen molar-refractivity contribution in [2.24, 2.45) is 28.6 Å². The van der Waals surface area contributed by atoms with E-state index < -0.39 is 0 Å². The summed E-state index contributed by atoms with van der Waals surface area (Å²) in [5.74, 6) is 2.88. The van der Waals surface area contributed by atoms with Gasteiger partial charge in [0.05, 0.1) is 6.61 Å². The van der Waals surface area contributed by atoms with Crippen LogP contribution in [0.3, 0.4) is 0 Å². The molecule has 2 saturated heterocycles. The highest BCUT2D eigenvalue weighted by atomic mass is 17.2. The Balaban J connectivity index is 1.49. The van der Waals surface area contributed by atoms with Crippen molar-refractivity contribution in [2.45, 2.75) is 77.1 Å². The third kappa shape index (κ3) is 1.71. The van der Waals surface area contributed by atoms with Crippen LogP contribution in [0.2, 0.25) is 0 Å². The van der Waals surface area contributed by atoms with Crippen LogP contribution < -0.4 is 0 Å². The summed E-state index contributed by atoms with van der Waals surface area (Å²) in [4.78, 5) is 11.9. The van der Waals surface area contributed by atoms with Crippen LogP contribution in [0.15, 0.2) is 0 Å². The molecular formula is C18H28O3. The van der Waals surface area contributed by atoms with Gasteiger partial charge in [-0.15, -0.1) is 0 Å². The molecule has 6 fully saturated rings. The van der Waals surface area contributed by atoms with E-state index in [4.69, 9.17) is 14.5 Å². The second kappa shape index (κ2) is 4.04. The number of ether oxygens (including phenoxy) is 1. The molecule has 3 nitrogen and oxygen atoms in total. The van der Waals surface area contributed by atoms with E-state index in [2.05, 4.69) is 13.8 Å². The summed E-state index contributed by atoms with van der Waals surface area (Å²) < 4.78 is 5.72. The molecule has 0 aromatic carbocycles. The van der Waals surface area contributed by atoms with Crippen molar-refractivity contribution < 1.29 is 14.5 Å². The summed E-state index contributed by atoms with van der Waals surface area (Å²) in [6, 6.07) is 0. The molecule has 2 unspecified atom stereocenters. The van der Waals surface area contributed by atoms with Gasteiger partial charge in [-0.25, -0.2) is 9.78 Å². The number of fused-ring (bicyclic) bond motifs is 1. The molecule has 118 valence electrons. The molecule has 0 radical (unpaired) electrons. The lowest BCUT2D eigenvalue weighted by Gasteiger charge is -2.64. The average molecular weight is 292 g/mol. The summed E-state index contributed by atoms with van der Waals surface area (Å²) in [6.07, 6.45) is 10.7. The first-order valence-corrected chi connectivity index (χ1v) is 8.97. The first-order chi connectivity index (χ1) is 10.0. The minimum absolute atomic E-state index is 0.109. The van der Waals surface area contributed by atoms with Crippen molar-refractivity contribution >= 4 is 0 Å². The van der Waals surface area contributed by atoms with Gasteiger partial charge >= 0.3 is 0 Å². The highest BCUT2D eigenvalue weighted by Gasteiger charge is 2.64. The first-order valence-electron chi connectivity index (χ1n) is 8.97. The zero-order valence-electron chi connectivity index (χ0n) is 13.4. The van der Waals surface area contributed by atoms with Gasteiger partial charge in [-0.3, -0.25) is 0 Å². The monoisotopic (exact) mass is 292 g/mol. The number of rotatable bonds is 1. The Morgan fingerprint density at radius 2 is 1.52 bits per heavy atom. The summed E-state index contributed by atoms with van der Waals surface area (Å²) in [5, 5.41) is 0. The molecule has 0 aromatic rings. The lowest BCUT2D eigenvalue weighted by atomic mass is 9.44. The molecule has 4 bridgehead atoms. The zero-order valence-corrected chi connectivity index (χ0v) is 13.4. The Hall–Kier alpha value is -0.120. The zero-order chi connectivity index (χ0) is 14.3. The van der Waals surface area contributed by atoms with E-state index in [1.807, 2.05) is 0 Å². The summed E-state index contributed by atoms with van der Waals surface area (Å²) in [5.41, 5.74) is 0.413. The maximum absolute atomic E-state index is 6.10. The van der Waals surface area contributed by atoms with Crippen LogP contribution in [-0.4, -0.2) is 18.5 Å². The molecule has 0 spiro atoms. The van der Waals surface area contributed by atoms with Crippen molar-refractivity contribution in [2.75, 3.05) is 6.61 Å².